The lowest BCUT2D eigenvalue weighted by Crippen LogP contribution is -2.33. The van der Waals surface area contributed by atoms with E-state index in [4.69, 9.17) is 14.2 Å². The number of hydrogen-bond donors (Lipinski definition) is 1. The smallest absolute Gasteiger partial charge is 0.245 e. The van der Waals surface area contributed by atoms with Crippen LogP contribution >= 0.6 is 15.9 Å². The summed E-state index contributed by atoms with van der Waals surface area (Å²) in [5, 5.41) is 4.11. The normalized spacial score (nSPS) is 17.4. The molecule has 0 saturated carbocycles. The molecule has 1 aromatic carbocycles. The highest BCUT2D eigenvalue weighted by Gasteiger charge is 2.33. The summed E-state index contributed by atoms with van der Waals surface area (Å²) in [5.41, 5.74) is 4.10. The summed E-state index contributed by atoms with van der Waals surface area (Å²) in [5.74, 6) is -0.364. The average Bonchev–Trinajstić information content (AvgIpc) is 2.90. The first-order chi connectivity index (χ1) is 10.4. The number of nitrogens with zero attached hydrogens (tertiary/aromatic N) is 1. The number of hydrazone groups is 1. The zero-order chi connectivity index (χ0) is 16.2. The first-order valence-corrected chi connectivity index (χ1v) is 7.68. The third kappa shape index (κ3) is 4.28. The number of ether oxygens (including phenoxy) is 3. The van der Waals surface area contributed by atoms with E-state index in [1.807, 2.05) is 25.1 Å². The van der Waals surface area contributed by atoms with Gasteiger partial charge in [0.15, 0.2) is 5.79 Å². The van der Waals surface area contributed by atoms with Gasteiger partial charge in [-0.25, -0.2) is 5.43 Å². The Bertz CT molecular complexity index is 583. The van der Waals surface area contributed by atoms with Crippen molar-refractivity contribution in [3.05, 3.63) is 28.2 Å². The van der Waals surface area contributed by atoms with Crippen LogP contribution in [0.4, 0.5) is 0 Å². The van der Waals surface area contributed by atoms with Crippen molar-refractivity contribution in [1.29, 1.82) is 0 Å². The van der Waals surface area contributed by atoms with Crippen molar-refractivity contribution < 1.29 is 19.0 Å². The molecule has 0 atom stereocenters. The minimum atomic E-state index is -0.851. The number of carbonyl (C=O) groups excluding carboxylic acids is 1. The summed E-state index contributed by atoms with van der Waals surface area (Å²) in [7, 11) is 1.61. The molecule has 0 aliphatic carbocycles. The second-order valence-electron chi connectivity index (χ2n) is 5.09. The molecular formula is C15H19BrN2O4. The second-order valence-corrected chi connectivity index (χ2v) is 5.94. The van der Waals surface area contributed by atoms with E-state index < -0.39 is 5.79 Å². The SMILES string of the molecule is COc1ccc(C(C)=NNC(=O)CC2(C)OCCO2)cc1Br. The molecule has 22 heavy (non-hydrogen) atoms. The van der Waals surface area contributed by atoms with Crippen molar-refractivity contribution in [2.24, 2.45) is 5.10 Å². The van der Waals surface area contributed by atoms with Gasteiger partial charge in [-0.15, -0.1) is 0 Å². The van der Waals surface area contributed by atoms with Crippen LogP contribution in [0, 0.1) is 0 Å². The van der Waals surface area contributed by atoms with Crippen LogP contribution in [0.3, 0.4) is 0 Å². The Balaban J connectivity index is 1.97. The number of benzene rings is 1. The molecule has 7 heteroatoms. The lowest BCUT2D eigenvalue weighted by Gasteiger charge is -2.20. The first-order valence-electron chi connectivity index (χ1n) is 6.88. The Morgan fingerprint density at radius 3 is 2.73 bits per heavy atom. The summed E-state index contributed by atoms with van der Waals surface area (Å²) in [6, 6.07) is 5.59. The van der Waals surface area contributed by atoms with Crippen LogP contribution in [0.25, 0.3) is 0 Å². The lowest BCUT2D eigenvalue weighted by molar-refractivity contribution is -0.159. The lowest BCUT2D eigenvalue weighted by atomic mass is 10.1. The van der Waals surface area contributed by atoms with Crippen LogP contribution in [0.1, 0.15) is 25.8 Å². The van der Waals surface area contributed by atoms with Gasteiger partial charge in [-0.2, -0.15) is 5.10 Å². The molecule has 0 radical (unpaired) electrons. The van der Waals surface area contributed by atoms with Gasteiger partial charge in [0, 0.05) is 0 Å². The number of hydrogen-bond acceptors (Lipinski definition) is 5. The molecule has 1 heterocycles. The summed E-state index contributed by atoms with van der Waals surface area (Å²) in [4.78, 5) is 11.9. The van der Waals surface area contributed by atoms with Gasteiger partial charge in [-0.1, -0.05) is 0 Å². The predicted molar refractivity (Wildman–Crippen MR) is 86.0 cm³/mol. The Morgan fingerprint density at radius 1 is 1.45 bits per heavy atom. The van der Waals surface area contributed by atoms with Gasteiger partial charge in [-0.3, -0.25) is 4.79 Å². The topological polar surface area (TPSA) is 69.2 Å². The molecule has 1 aliphatic rings. The zero-order valence-corrected chi connectivity index (χ0v) is 14.4. The molecule has 1 aromatic rings. The van der Waals surface area contributed by atoms with Gasteiger partial charge in [0.1, 0.15) is 5.75 Å². The third-order valence-electron chi connectivity index (χ3n) is 3.30. The molecule has 1 N–H and O–H groups in total. The van der Waals surface area contributed by atoms with E-state index in [9.17, 15) is 4.79 Å². The van der Waals surface area contributed by atoms with Gasteiger partial charge >= 0.3 is 0 Å². The largest absolute Gasteiger partial charge is 0.496 e. The molecule has 1 saturated heterocycles. The van der Waals surface area contributed by atoms with Crippen LogP contribution in [0.15, 0.2) is 27.8 Å². The third-order valence-corrected chi connectivity index (χ3v) is 3.92. The molecule has 1 amide bonds. The van der Waals surface area contributed by atoms with Crippen LogP contribution < -0.4 is 10.2 Å². The fourth-order valence-electron chi connectivity index (χ4n) is 2.09. The van der Waals surface area contributed by atoms with Crippen molar-refractivity contribution in [2.75, 3.05) is 20.3 Å². The van der Waals surface area contributed by atoms with Gasteiger partial charge in [0.05, 0.1) is 36.9 Å². The molecule has 6 nitrogen and oxygen atoms in total. The van der Waals surface area contributed by atoms with Crippen molar-refractivity contribution >= 4 is 27.5 Å². The van der Waals surface area contributed by atoms with E-state index in [0.29, 0.717) is 18.9 Å². The molecule has 0 unspecified atom stereocenters. The monoisotopic (exact) mass is 370 g/mol. The molecular weight excluding hydrogens is 352 g/mol. The van der Waals surface area contributed by atoms with Crippen LogP contribution in [-0.2, 0) is 14.3 Å². The second kappa shape index (κ2) is 7.21. The van der Waals surface area contributed by atoms with Crippen LogP contribution in [0.5, 0.6) is 5.75 Å². The zero-order valence-electron chi connectivity index (χ0n) is 12.8. The molecule has 1 aliphatic heterocycles. The Kier molecular flexibility index (Phi) is 5.55. The maximum absolute atomic E-state index is 11.9. The minimum Gasteiger partial charge on any atom is -0.496 e. The van der Waals surface area contributed by atoms with Gasteiger partial charge in [-0.05, 0) is 53.5 Å². The van der Waals surface area contributed by atoms with Crippen LogP contribution in [-0.4, -0.2) is 37.7 Å². The Morgan fingerprint density at radius 2 is 2.14 bits per heavy atom. The number of nitrogens with one attached hydrogen (secondary N) is 1. The van der Waals surface area contributed by atoms with Gasteiger partial charge in [0.25, 0.3) is 0 Å². The number of methoxy groups -OCH3 is 1. The van der Waals surface area contributed by atoms with E-state index in [2.05, 4.69) is 26.5 Å². The van der Waals surface area contributed by atoms with Gasteiger partial charge < -0.3 is 14.2 Å². The van der Waals surface area contributed by atoms with Crippen molar-refractivity contribution in [3.63, 3.8) is 0 Å². The maximum Gasteiger partial charge on any atom is 0.245 e. The molecule has 120 valence electrons. The Hall–Kier alpha value is -1.44. The standard InChI is InChI=1S/C15H19BrN2O4/c1-10(11-4-5-13(20-3)12(16)8-11)17-18-14(19)9-15(2)21-6-7-22-15/h4-5,8H,6-7,9H2,1-3H3,(H,18,19). The van der Waals surface area contributed by atoms with E-state index in [1.165, 1.54) is 0 Å². The summed E-state index contributed by atoms with van der Waals surface area (Å²) >= 11 is 3.42. The molecule has 0 bridgehead atoms. The van der Waals surface area contributed by atoms with Crippen molar-refractivity contribution in [1.82, 2.24) is 5.43 Å². The van der Waals surface area contributed by atoms with E-state index in [-0.39, 0.29) is 12.3 Å². The van der Waals surface area contributed by atoms with Crippen molar-refractivity contribution in [2.45, 2.75) is 26.1 Å². The molecule has 1 fully saturated rings. The fraction of sp³-hybridized carbons (Fsp3) is 0.467. The molecule has 0 spiro atoms. The number of halogens is 1. The van der Waals surface area contributed by atoms with E-state index in [1.54, 1.807) is 14.0 Å². The predicted octanol–water partition coefficient (Wildman–Crippen LogP) is 2.45. The fourth-order valence-corrected chi connectivity index (χ4v) is 2.63. The number of amides is 1. The molecule has 0 aromatic heterocycles. The first kappa shape index (κ1) is 16.9. The maximum atomic E-state index is 11.9. The Labute approximate surface area is 137 Å². The highest BCUT2D eigenvalue weighted by molar-refractivity contribution is 9.10. The van der Waals surface area contributed by atoms with Crippen LogP contribution in [0.2, 0.25) is 0 Å². The summed E-state index contributed by atoms with van der Waals surface area (Å²) < 4.78 is 16.8. The van der Waals surface area contributed by atoms with Gasteiger partial charge in [0.2, 0.25) is 5.91 Å². The van der Waals surface area contributed by atoms with E-state index in [0.717, 1.165) is 15.8 Å². The summed E-state index contributed by atoms with van der Waals surface area (Å²) in [6.45, 7) is 4.58. The van der Waals surface area contributed by atoms with E-state index >= 15 is 0 Å². The minimum absolute atomic E-state index is 0.107. The van der Waals surface area contributed by atoms with Crippen molar-refractivity contribution in [3.8, 4) is 5.75 Å². The average molecular weight is 371 g/mol. The highest BCUT2D eigenvalue weighted by Crippen LogP contribution is 2.26. The summed E-state index contributed by atoms with van der Waals surface area (Å²) in [6.07, 6.45) is 0.107. The highest BCUT2D eigenvalue weighted by atomic mass is 79.9. The molecule has 2 rings (SSSR count). The number of carbonyl (C=O) groups is 1. The number of rotatable bonds is 5. The quantitative estimate of drug-likeness (QED) is 0.638.